The monoisotopic (exact) mass is 612 g/mol. The van der Waals surface area contributed by atoms with Crippen molar-refractivity contribution < 1.29 is 31.1 Å². The summed E-state index contributed by atoms with van der Waals surface area (Å²) >= 11 is 0. The fraction of sp³-hybridized carbons (Fsp3) is 0.607. The molecular weight excluding hydrogens is 573 g/mol. The summed E-state index contributed by atoms with van der Waals surface area (Å²) in [7, 11) is 1.43. The molecule has 0 unspecified atom stereocenters. The number of anilines is 2. The third kappa shape index (κ3) is 7.90. The van der Waals surface area contributed by atoms with Gasteiger partial charge in [-0.05, 0) is 70.3 Å². The largest absolute Gasteiger partial charge is 0.496 e. The lowest BCUT2D eigenvalue weighted by Crippen LogP contribution is -2.44. The molecule has 14 heteroatoms. The molecule has 232 valence electrons. The average molecular weight is 613 g/mol. The van der Waals surface area contributed by atoms with Crippen LogP contribution in [-0.4, -0.2) is 86.1 Å². The second-order valence-electron chi connectivity index (χ2n) is 11.2. The first-order chi connectivity index (χ1) is 19.8. The maximum atomic E-state index is 13.9. The number of amides is 1. The SMILES string of the molecule is COc1cc(Nc2ncc(C(F)(F)F)c(C[C@@H]3CCCC[C@H]3N(C)S(C)(=O)=O)n2)ccc1C(=O)NC1CCN(C)CC1. The number of likely N-dealkylation sites (tertiary alicyclic amines) is 1. The van der Waals surface area contributed by atoms with Gasteiger partial charge in [0.15, 0.2) is 0 Å². The number of hydrogen-bond donors (Lipinski definition) is 2. The summed E-state index contributed by atoms with van der Waals surface area (Å²) in [6.07, 6.45) is 1.60. The molecule has 1 saturated heterocycles. The fourth-order valence-electron chi connectivity index (χ4n) is 5.77. The Morgan fingerprint density at radius 3 is 2.50 bits per heavy atom. The van der Waals surface area contributed by atoms with E-state index in [1.165, 1.54) is 18.5 Å². The zero-order valence-corrected chi connectivity index (χ0v) is 25.2. The highest BCUT2D eigenvalue weighted by Crippen LogP contribution is 2.37. The summed E-state index contributed by atoms with van der Waals surface area (Å²) in [4.78, 5) is 23.3. The Morgan fingerprint density at radius 1 is 1.17 bits per heavy atom. The molecular formula is C28H39F3N6O4S. The fourth-order valence-corrected chi connectivity index (χ4v) is 6.54. The minimum atomic E-state index is -4.67. The summed E-state index contributed by atoms with van der Waals surface area (Å²) < 4.78 is 73.0. The number of halogens is 3. The highest BCUT2D eigenvalue weighted by atomic mass is 32.2. The number of aromatic nitrogens is 2. The number of alkyl halides is 3. The Morgan fingerprint density at radius 2 is 1.86 bits per heavy atom. The lowest BCUT2D eigenvalue weighted by Gasteiger charge is -2.37. The molecule has 1 aliphatic heterocycles. The molecule has 0 spiro atoms. The summed E-state index contributed by atoms with van der Waals surface area (Å²) in [5.74, 6) is -0.342. The van der Waals surface area contributed by atoms with Crippen molar-refractivity contribution in [3.8, 4) is 5.75 Å². The van der Waals surface area contributed by atoms with Crippen LogP contribution in [0.4, 0.5) is 24.8 Å². The van der Waals surface area contributed by atoms with E-state index in [2.05, 4.69) is 25.5 Å². The van der Waals surface area contributed by atoms with Gasteiger partial charge in [-0.3, -0.25) is 4.79 Å². The number of benzene rings is 1. The number of sulfonamides is 1. The number of methoxy groups -OCH3 is 1. The highest BCUT2D eigenvalue weighted by Gasteiger charge is 2.38. The predicted octanol–water partition coefficient (Wildman–Crippen LogP) is 4.06. The molecule has 0 bridgehead atoms. The standard InChI is InChI=1S/C28H39F3N6O4S/c1-36-13-11-19(12-14-36)33-26(38)21-10-9-20(16-25(21)41-3)34-27-32-17-22(28(29,30)31)23(35-27)15-18-7-5-6-8-24(18)37(2)42(4,39)40/h9-10,16-19,24H,5-8,11-15H2,1-4H3,(H,33,38)(H,32,34,35)/t18-,24+/m0/s1. The van der Waals surface area contributed by atoms with Crippen molar-refractivity contribution in [1.29, 1.82) is 0 Å². The second-order valence-corrected chi connectivity index (χ2v) is 13.3. The second kappa shape index (κ2) is 13.1. The van der Waals surface area contributed by atoms with Crippen LogP contribution in [0.5, 0.6) is 5.75 Å². The first-order valence-corrected chi connectivity index (χ1v) is 15.9. The first-order valence-electron chi connectivity index (χ1n) is 14.1. The van der Waals surface area contributed by atoms with Crippen LogP contribution < -0.4 is 15.4 Å². The maximum absolute atomic E-state index is 13.9. The highest BCUT2D eigenvalue weighted by molar-refractivity contribution is 7.88. The summed E-state index contributed by atoms with van der Waals surface area (Å²) in [5.41, 5.74) is -0.368. The summed E-state index contributed by atoms with van der Waals surface area (Å²) in [5, 5.41) is 5.98. The van der Waals surface area contributed by atoms with E-state index < -0.39 is 27.8 Å². The van der Waals surface area contributed by atoms with E-state index in [0.717, 1.165) is 51.2 Å². The van der Waals surface area contributed by atoms with E-state index in [1.54, 1.807) is 18.2 Å². The van der Waals surface area contributed by atoms with E-state index in [0.29, 0.717) is 29.8 Å². The van der Waals surface area contributed by atoms with Crippen molar-refractivity contribution in [3.05, 3.63) is 41.2 Å². The Kier molecular flexibility index (Phi) is 9.99. The van der Waals surface area contributed by atoms with Gasteiger partial charge in [0, 0.05) is 37.1 Å². The van der Waals surface area contributed by atoms with Crippen molar-refractivity contribution in [2.24, 2.45) is 5.92 Å². The number of nitrogens with zero attached hydrogens (tertiary/aromatic N) is 4. The van der Waals surface area contributed by atoms with E-state index in [4.69, 9.17) is 4.74 Å². The molecule has 2 heterocycles. The van der Waals surface area contributed by atoms with E-state index in [9.17, 15) is 26.4 Å². The van der Waals surface area contributed by atoms with Gasteiger partial charge in [-0.2, -0.15) is 13.2 Å². The van der Waals surface area contributed by atoms with E-state index in [-0.39, 0.29) is 35.9 Å². The van der Waals surface area contributed by atoms with Gasteiger partial charge in [0.2, 0.25) is 16.0 Å². The van der Waals surface area contributed by atoms with Crippen LogP contribution in [0.2, 0.25) is 0 Å². The summed E-state index contributed by atoms with van der Waals surface area (Å²) in [6, 6.07) is 4.42. The van der Waals surface area contributed by atoms with Gasteiger partial charge >= 0.3 is 6.18 Å². The van der Waals surface area contributed by atoms with Crippen molar-refractivity contribution in [2.45, 2.75) is 63.2 Å². The van der Waals surface area contributed by atoms with Crippen molar-refractivity contribution >= 4 is 27.6 Å². The van der Waals surface area contributed by atoms with Gasteiger partial charge in [0.05, 0.1) is 30.2 Å². The van der Waals surface area contributed by atoms with Gasteiger partial charge in [-0.25, -0.2) is 22.7 Å². The normalized spacial score (nSPS) is 20.9. The quantitative estimate of drug-likeness (QED) is 0.436. The molecule has 1 amide bonds. The van der Waals surface area contributed by atoms with Crippen LogP contribution in [0, 0.1) is 5.92 Å². The maximum Gasteiger partial charge on any atom is 0.419 e. The number of rotatable bonds is 9. The Bertz CT molecular complexity index is 1370. The zero-order chi connectivity index (χ0) is 30.7. The third-order valence-electron chi connectivity index (χ3n) is 8.24. The van der Waals surface area contributed by atoms with Crippen LogP contribution in [-0.2, 0) is 22.6 Å². The van der Waals surface area contributed by atoms with Crippen LogP contribution in [0.1, 0.15) is 60.1 Å². The molecule has 2 atom stereocenters. The first kappa shape index (κ1) is 32.0. The Balaban J connectivity index is 1.55. The van der Waals surface area contributed by atoms with Gasteiger partial charge in [0.1, 0.15) is 5.75 Å². The molecule has 0 radical (unpaired) electrons. The number of hydrogen-bond acceptors (Lipinski definition) is 8. The van der Waals surface area contributed by atoms with Crippen molar-refractivity contribution in [1.82, 2.24) is 24.5 Å². The van der Waals surface area contributed by atoms with Crippen molar-refractivity contribution in [3.63, 3.8) is 0 Å². The molecule has 1 aliphatic carbocycles. The Labute approximate surface area is 245 Å². The molecule has 1 aromatic heterocycles. The lowest BCUT2D eigenvalue weighted by atomic mass is 9.81. The van der Waals surface area contributed by atoms with Crippen molar-refractivity contribution in [2.75, 3.05) is 45.9 Å². The molecule has 2 fully saturated rings. The lowest BCUT2D eigenvalue weighted by molar-refractivity contribution is -0.138. The number of nitrogens with one attached hydrogen (secondary N) is 2. The number of ether oxygens (including phenoxy) is 1. The zero-order valence-electron chi connectivity index (χ0n) is 24.4. The van der Waals surface area contributed by atoms with Crippen LogP contribution in [0.3, 0.4) is 0 Å². The minimum absolute atomic E-state index is 0.0457. The molecule has 42 heavy (non-hydrogen) atoms. The number of piperidine rings is 1. The third-order valence-corrected chi connectivity index (χ3v) is 9.56. The molecule has 1 aromatic carbocycles. The average Bonchev–Trinajstić information content (AvgIpc) is 2.93. The molecule has 1 saturated carbocycles. The molecule has 4 rings (SSSR count). The molecule has 2 aromatic rings. The van der Waals surface area contributed by atoms with Crippen LogP contribution in [0.15, 0.2) is 24.4 Å². The van der Waals surface area contributed by atoms with Crippen LogP contribution >= 0.6 is 0 Å². The van der Waals surface area contributed by atoms with E-state index in [1.807, 2.05) is 7.05 Å². The predicted molar refractivity (Wildman–Crippen MR) is 153 cm³/mol. The minimum Gasteiger partial charge on any atom is -0.496 e. The molecule has 10 nitrogen and oxygen atoms in total. The summed E-state index contributed by atoms with van der Waals surface area (Å²) in [6.45, 7) is 1.80. The molecule has 2 N–H and O–H groups in total. The smallest absolute Gasteiger partial charge is 0.419 e. The van der Waals surface area contributed by atoms with Gasteiger partial charge in [-0.1, -0.05) is 12.8 Å². The van der Waals surface area contributed by atoms with Gasteiger partial charge in [-0.15, -0.1) is 0 Å². The Hall–Kier alpha value is -2.97. The number of carbonyl (C=O) groups is 1. The van der Waals surface area contributed by atoms with Gasteiger partial charge in [0.25, 0.3) is 5.91 Å². The molecule has 2 aliphatic rings. The number of carbonyl (C=O) groups excluding carboxylic acids is 1. The van der Waals surface area contributed by atoms with Crippen LogP contribution in [0.25, 0.3) is 0 Å². The van der Waals surface area contributed by atoms with E-state index >= 15 is 0 Å². The topological polar surface area (TPSA) is 117 Å². The van der Waals surface area contributed by atoms with Gasteiger partial charge < -0.3 is 20.3 Å².